The molecular formula is C20H24N2O2. The smallest absolute Gasteiger partial charge is 0.251 e. The highest BCUT2D eigenvalue weighted by atomic mass is 16.2. The van der Waals surface area contributed by atoms with E-state index in [-0.39, 0.29) is 24.4 Å². The molecule has 0 saturated heterocycles. The van der Waals surface area contributed by atoms with E-state index in [1.807, 2.05) is 36.4 Å². The first-order valence-corrected chi connectivity index (χ1v) is 8.70. The molecule has 0 radical (unpaired) electrons. The van der Waals surface area contributed by atoms with Crippen LogP contribution in [0.2, 0.25) is 0 Å². The fourth-order valence-corrected chi connectivity index (χ4v) is 3.38. The summed E-state index contributed by atoms with van der Waals surface area (Å²) < 4.78 is 0. The van der Waals surface area contributed by atoms with Crippen molar-refractivity contribution in [3.8, 4) is 0 Å². The largest absolute Gasteiger partial charge is 0.352 e. The molecule has 0 bridgehead atoms. The van der Waals surface area contributed by atoms with Crippen molar-refractivity contribution in [1.29, 1.82) is 0 Å². The summed E-state index contributed by atoms with van der Waals surface area (Å²) in [5.74, 6) is 0.189. The molecule has 1 fully saturated rings. The van der Waals surface area contributed by atoms with Crippen molar-refractivity contribution in [1.82, 2.24) is 10.6 Å². The molecule has 24 heavy (non-hydrogen) atoms. The van der Waals surface area contributed by atoms with Gasteiger partial charge in [0.05, 0.1) is 6.54 Å². The SMILES string of the molecule is C[C@@H]1CCCC[C@@H]1NC(=O)CNC(=O)c1ccc2ccccc2c1. The molecule has 126 valence electrons. The molecule has 0 heterocycles. The van der Waals surface area contributed by atoms with Crippen LogP contribution in [-0.4, -0.2) is 24.4 Å². The number of fused-ring (bicyclic) bond motifs is 1. The van der Waals surface area contributed by atoms with Gasteiger partial charge in [0.1, 0.15) is 0 Å². The third kappa shape index (κ3) is 3.94. The minimum absolute atomic E-state index is 0.0227. The Labute approximate surface area is 142 Å². The third-order valence-corrected chi connectivity index (χ3v) is 4.88. The fourth-order valence-electron chi connectivity index (χ4n) is 3.38. The van der Waals surface area contributed by atoms with Gasteiger partial charge in [-0.05, 0) is 41.7 Å². The van der Waals surface area contributed by atoms with Crippen LogP contribution in [0.3, 0.4) is 0 Å². The van der Waals surface area contributed by atoms with E-state index in [9.17, 15) is 9.59 Å². The van der Waals surface area contributed by atoms with Crippen LogP contribution in [0.5, 0.6) is 0 Å². The Morgan fingerprint density at radius 3 is 2.58 bits per heavy atom. The zero-order valence-electron chi connectivity index (χ0n) is 14.0. The molecule has 1 saturated carbocycles. The van der Waals surface area contributed by atoms with Crippen molar-refractivity contribution in [2.75, 3.05) is 6.54 Å². The van der Waals surface area contributed by atoms with Gasteiger partial charge in [0, 0.05) is 11.6 Å². The monoisotopic (exact) mass is 324 g/mol. The topological polar surface area (TPSA) is 58.2 Å². The number of rotatable bonds is 4. The molecule has 0 aromatic heterocycles. The molecule has 3 rings (SSSR count). The maximum Gasteiger partial charge on any atom is 0.251 e. The Kier molecular flexibility index (Phi) is 5.14. The number of benzene rings is 2. The second-order valence-electron chi connectivity index (χ2n) is 6.68. The molecule has 4 nitrogen and oxygen atoms in total. The van der Waals surface area contributed by atoms with Crippen molar-refractivity contribution in [2.24, 2.45) is 5.92 Å². The van der Waals surface area contributed by atoms with Crippen LogP contribution in [0, 0.1) is 5.92 Å². The first-order valence-electron chi connectivity index (χ1n) is 8.70. The van der Waals surface area contributed by atoms with Gasteiger partial charge in [-0.1, -0.05) is 50.1 Å². The van der Waals surface area contributed by atoms with Crippen molar-refractivity contribution in [3.05, 3.63) is 48.0 Å². The molecule has 2 N–H and O–H groups in total. The average molecular weight is 324 g/mol. The van der Waals surface area contributed by atoms with Gasteiger partial charge in [-0.3, -0.25) is 9.59 Å². The highest BCUT2D eigenvalue weighted by molar-refractivity contribution is 6.00. The number of nitrogens with one attached hydrogen (secondary N) is 2. The fraction of sp³-hybridized carbons (Fsp3) is 0.400. The Balaban J connectivity index is 1.55. The van der Waals surface area contributed by atoms with Crippen LogP contribution in [-0.2, 0) is 4.79 Å². The Morgan fingerprint density at radius 2 is 1.79 bits per heavy atom. The van der Waals surface area contributed by atoms with Crippen LogP contribution in [0.15, 0.2) is 42.5 Å². The second-order valence-corrected chi connectivity index (χ2v) is 6.68. The number of carbonyl (C=O) groups is 2. The number of hydrogen-bond acceptors (Lipinski definition) is 2. The molecule has 4 heteroatoms. The van der Waals surface area contributed by atoms with Gasteiger partial charge in [0.25, 0.3) is 5.91 Å². The van der Waals surface area contributed by atoms with E-state index in [0.29, 0.717) is 11.5 Å². The van der Waals surface area contributed by atoms with Gasteiger partial charge in [0.2, 0.25) is 5.91 Å². The van der Waals surface area contributed by atoms with Gasteiger partial charge >= 0.3 is 0 Å². The van der Waals surface area contributed by atoms with Crippen molar-refractivity contribution >= 4 is 22.6 Å². The first kappa shape index (κ1) is 16.5. The summed E-state index contributed by atoms with van der Waals surface area (Å²) in [6, 6.07) is 13.7. The zero-order valence-corrected chi connectivity index (χ0v) is 14.0. The van der Waals surface area contributed by atoms with E-state index < -0.39 is 0 Å². The summed E-state index contributed by atoms with van der Waals surface area (Å²) >= 11 is 0. The summed E-state index contributed by atoms with van der Waals surface area (Å²) in [4.78, 5) is 24.3. The molecule has 2 aromatic carbocycles. The lowest BCUT2D eigenvalue weighted by Gasteiger charge is -2.29. The van der Waals surface area contributed by atoms with E-state index in [4.69, 9.17) is 0 Å². The molecule has 0 spiro atoms. The summed E-state index contributed by atoms with van der Waals surface area (Å²) in [7, 11) is 0. The zero-order chi connectivity index (χ0) is 16.9. The minimum atomic E-state index is -0.215. The maximum absolute atomic E-state index is 12.3. The highest BCUT2D eigenvalue weighted by Crippen LogP contribution is 2.23. The maximum atomic E-state index is 12.3. The Bertz CT molecular complexity index is 741. The standard InChI is InChI=1S/C20H24N2O2/c1-14-6-2-5-9-18(14)22-19(23)13-21-20(24)17-11-10-15-7-3-4-8-16(15)12-17/h3-4,7-8,10-12,14,18H,2,5-6,9,13H2,1H3,(H,21,24)(H,22,23)/t14-,18+/m1/s1. The lowest BCUT2D eigenvalue weighted by atomic mass is 9.86. The minimum Gasteiger partial charge on any atom is -0.352 e. The molecule has 1 aliphatic rings. The van der Waals surface area contributed by atoms with Crippen molar-refractivity contribution in [3.63, 3.8) is 0 Å². The van der Waals surface area contributed by atoms with E-state index in [0.717, 1.165) is 23.6 Å². The molecule has 0 aliphatic heterocycles. The summed E-state index contributed by atoms with van der Waals surface area (Å²) in [5.41, 5.74) is 0.576. The van der Waals surface area contributed by atoms with Gasteiger partial charge in [0.15, 0.2) is 0 Å². The van der Waals surface area contributed by atoms with Crippen LogP contribution >= 0.6 is 0 Å². The Hall–Kier alpha value is -2.36. The highest BCUT2D eigenvalue weighted by Gasteiger charge is 2.22. The quantitative estimate of drug-likeness (QED) is 0.907. The first-order chi connectivity index (χ1) is 11.6. The lowest BCUT2D eigenvalue weighted by molar-refractivity contribution is -0.121. The van der Waals surface area contributed by atoms with Gasteiger partial charge in [-0.15, -0.1) is 0 Å². The van der Waals surface area contributed by atoms with Crippen LogP contribution in [0.4, 0.5) is 0 Å². The molecule has 2 amide bonds. The van der Waals surface area contributed by atoms with E-state index in [1.54, 1.807) is 6.07 Å². The van der Waals surface area contributed by atoms with Gasteiger partial charge in [-0.25, -0.2) is 0 Å². The number of hydrogen-bond donors (Lipinski definition) is 2. The number of amides is 2. The summed E-state index contributed by atoms with van der Waals surface area (Å²) in [6.07, 6.45) is 4.60. The lowest BCUT2D eigenvalue weighted by Crippen LogP contribution is -2.45. The van der Waals surface area contributed by atoms with Crippen molar-refractivity contribution in [2.45, 2.75) is 38.6 Å². The van der Waals surface area contributed by atoms with E-state index in [1.165, 1.54) is 12.8 Å². The van der Waals surface area contributed by atoms with Crippen LogP contribution < -0.4 is 10.6 Å². The van der Waals surface area contributed by atoms with Crippen molar-refractivity contribution < 1.29 is 9.59 Å². The average Bonchev–Trinajstić information content (AvgIpc) is 2.61. The van der Waals surface area contributed by atoms with Crippen LogP contribution in [0.1, 0.15) is 43.0 Å². The molecular weight excluding hydrogens is 300 g/mol. The number of carbonyl (C=O) groups excluding carboxylic acids is 2. The van der Waals surface area contributed by atoms with E-state index >= 15 is 0 Å². The summed E-state index contributed by atoms with van der Waals surface area (Å²) in [6.45, 7) is 2.20. The van der Waals surface area contributed by atoms with E-state index in [2.05, 4.69) is 17.6 Å². The predicted molar refractivity (Wildman–Crippen MR) is 95.8 cm³/mol. The predicted octanol–water partition coefficient (Wildman–Crippen LogP) is 3.26. The second kappa shape index (κ2) is 7.47. The normalized spacial score (nSPS) is 20.5. The van der Waals surface area contributed by atoms with Gasteiger partial charge < -0.3 is 10.6 Å². The molecule has 0 unspecified atom stereocenters. The summed E-state index contributed by atoms with van der Waals surface area (Å²) in [5, 5.41) is 7.88. The molecule has 2 aromatic rings. The Morgan fingerprint density at radius 1 is 1.04 bits per heavy atom. The molecule has 2 atom stereocenters. The third-order valence-electron chi connectivity index (χ3n) is 4.88. The molecule has 1 aliphatic carbocycles. The van der Waals surface area contributed by atoms with Gasteiger partial charge in [-0.2, -0.15) is 0 Å². The van der Waals surface area contributed by atoms with Crippen LogP contribution in [0.25, 0.3) is 10.8 Å².